The Morgan fingerprint density at radius 3 is 2.41 bits per heavy atom. The second-order valence-corrected chi connectivity index (χ2v) is 9.26. The first-order valence-corrected chi connectivity index (χ1v) is 9.31. The van der Waals surface area contributed by atoms with Crippen molar-refractivity contribution in [1.29, 1.82) is 0 Å². The van der Waals surface area contributed by atoms with Crippen LogP contribution in [0.4, 0.5) is 0 Å². The van der Waals surface area contributed by atoms with Crippen LogP contribution in [0.3, 0.4) is 0 Å². The zero-order valence-electron chi connectivity index (χ0n) is 13.3. The van der Waals surface area contributed by atoms with Gasteiger partial charge in [0.05, 0.1) is 28.7 Å². The highest BCUT2D eigenvalue weighted by atomic mass is 32.2. The average Bonchev–Trinajstić information content (AvgIpc) is 2.90. The summed E-state index contributed by atoms with van der Waals surface area (Å²) >= 11 is 1.61. The normalized spacial score (nSPS) is 14.8. The van der Waals surface area contributed by atoms with Gasteiger partial charge in [-0.2, -0.15) is 0 Å². The Balaban J connectivity index is 2.18. The van der Waals surface area contributed by atoms with Crippen LogP contribution in [0.2, 0.25) is 0 Å². The van der Waals surface area contributed by atoms with Crippen LogP contribution in [0.15, 0.2) is 29.8 Å². The van der Waals surface area contributed by atoms with Gasteiger partial charge in [-0.3, -0.25) is 0 Å². The van der Waals surface area contributed by atoms with Gasteiger partial charge in [-0.15, -0.1) is 16.1 Å². The Morgan fingerprint density at radius 2 is 1.95 bits per heavy atom. The lowest BCUT2D eigenvalue weighted by molar-refractivity contribution is 0.259. The van der Waals surface area contributed by atoms with Crippen molar-refractivity contribution in [2.45, 2.75) is 38.5 Å². The molecule has 2 atom stereocenters. The Kier molecular flexibility index (Phi) is 5.50. The number of aromatic nitrogens is 1. The van der Waals surface area contributed by atoms with Crippen LogP contribution in [0.25, 0.3) is 10.4 Å². The van der Waals surface area contributed by atoms with Crippen molar-refractivity contribution >= 4 is 22.3 Å². The minimum atomic E-state index is -1.61. The SMILES string of the molecule is Cc1ncsc1-c1ccc([C@H](CO)N[SH+](=O)C(C)(C)C)cc1. The van der Waals surface area contributed by atoms with Crippen molar-refractivity contribution in [2.75, 3.05) is 6.61 Å². The maximum atomic E-state index is 12.2. The summed E-state index contributed by atoms with van der Waals surface area (Å²) in [5.74, 6) is 0. The molecule has 0 amide bonds. The van der Waals surface area contributed by atoms with E-state index in [-0.39, 0.29) is 17.4 Å². The zero-order chi connectivity index (χ0) is 16.3. The molecule has 1 aromatic heterocycles. The second-order valence-electron chi connectivity index (χ2n) is 6.22. The molecule has 2 N–H and O–H groups in total. The van der Waals surface area contributed by atoms with Crippen molar-refractivity contribution in [3.63, 3.8) is 0 Å². The van der Waals surface area contributed by atoms with Crippen molar-refractivity contribution in [1.82, 2.24) is 9.71 Å². The number of benzene rings is 1. The number of thiol groups is 1. The highest BCUT2D eigenvalue weighted by molar-refractivity contribution is 7.84. The van der Waals surface area contributed by atoms with Gasteiger partial charge < -0.3 is 5.11 Å². The number of nitrogens with one attached hydrogen (secondary N) is 1. The van der Waals surface area contributed by atoms with E-state index in [9.17, 15) is 9.32 Å². The molecule has 0 aliphatic carbocycles. The van der Waals surface area contributed by atoms with E-state index >= 15 is 0 Å². The molecule has 1 heterocycles. The van der Waals surface area contributed by atoms with E-state index in [1.54, 1.807) is 11.3 Å². The molecule has 0 aliphatic heterocycles. The van der Waals surface area contributed by atoms with Crippen molar-refractivity contribution < 1.29 is 9.32 Å². The minimum Gasteiger partial charge on any atom is -0.394 e. The first kappa shape index (κ1) is 17.3. The van der Waals surface area contributed by atoms with Crippen LogP contribution in [0, 0.1) is 6.92 Å². The summed E-state index contributed by atoms with van der Waals surface area (Å²) in [5, 5.41) is 9.59. The highest BCUT2D eigenvalue weighted by Crippen LogP contribution is 2.28. The zero-order valence-corrected chi connectivity index (χ0v) is 15.0. The van der Waals surface area contributed by atoms with E-state index in [0.29, 0.717) is 0 Å². The van der Waals surface area contributed by atoms with Crippen molar-refractivity contribution in [3.8, 4) is 10.4 Å². The molecule has 120 valence electrons. The van der Waals surface area contributed by atoms with Gasteiger partial charge in [0, 0.05) is 0 Å². The van der Waals surface area contributed by atoms with E-state index in [4.69, 9.17) is 0 Å². The summed E-state index contributed by atoms with van der Waals surface area (Å²) < 4.78 is 14.9. The molecule has 0 aliphatic rings. The highest BCUT2D eigenvalue weighted by Gasteiger charge is 2.28. The Morgan fingerprint density at radius 1 is 1.32 bits per heavy atom. The third kappa shape index (κ3) is 4.01. The molecule has 0 radical (unpaired) electrons. The standard InChI is InChI=1S/C16H22N2O2S2/c1-11-15(21-10-17-11)13-7-5-12(6-8-13)14(9-19)18-22(20)16(2,3)4/h5-8,10,14,19H,9H2,1-4H3,(H,18,20)/p+1/t14-,22?/m0/s1. The van der Waals surface area contributed by atoms with Crippen LogP contribution in [-0.4, -0.2) is 21.4 Å². The van der Waals surface area contributed by atoms with Gasteiger partial charge in [0.15, 0.2) is 0 Å². The number of thiazole rings is 1. The number of nitrogens with zero attached hydrogens (tertiary/aromatic N) is 1. The summed E-state index contributed by atoms with van der Waals surface area (Å²) in [6, 6.07) is 7.65. The molecule has 0 bridgehead atoms. The van der Waals surface area contributed by atoms with Gasteiger partial charge in [0.25, 0.3) is 0 Å². The number of aryl methyl sites for hydroxylation is 1. The third-order valence-electron chi connectivity index (χ3n) is 3.39. The Labute approximate surface area is 138 Å². The number of aliphatic hydroxyl groups excluding tert-OH is 1. The van der Waals surface area contributed by atoms with Crippen LogP contribution in [-0.2, 0) is 15.2 Å². The van der Waals surface area contributed by atoms with E-state index in [0.717, 1.165) is 21.7 Å². The molecule has 0 saturated carbocycles. The molecule has 1 unspecified atom stereocenters. The Hall–Kier alpha value is -1.08. The third-order valence-corrected chi connectivity index (χ3v) is 6.13. The van der Waals surface area contributed by atoms with Crippen LogP contribution < -0.4 is 4.72 Å². The number of rotatable bonds is 5. The van der Waals surface area contributed by atoms with Crippen molar-refractivity contribution in [2.24, 2.45) is 0 Å². The van der Waals surface area contributed by atoms with E-state index in [2.05, 4.69) is 9.71 Å². The number of aliphatic hydroxyl groups is 1. The fourth-order valence-corrected chi connectivity index (χ4v) is 3.71. The first-order valence-electron chi connectivity index (χ1n) is 7.17. The Bertz CT molecular complexity index is 645. The predicted molar refractivity (Wildman–Crippen MR) is 94.4 cm³/mol. The predicted octanol–water partition coefficient (Wildman–Crippen LogP) is 3.15. The van der Waals surface area contributed by atoms with Gasteiger partial charge in [-0.05, 0) is 38.8 Å². The van der Waals surface area contributed by atoms with Crippen LogP contribution in [0.5, 0.6) is 0 Å². The number of hydrogen-bond acceptors (Lipinski definition) is 4. The molecule has 0 fully saturated rings. The topological polar surface area (TPSA) is 62.2 Å². The second kappa shape index (κ2) is 7.00. The monoisotopic (exact) mass is 339 g/mol. The van der Waals surface area contributed by atoms with Gasteiger partial charge in [-0.1, -0.05) is 28.5 Å². The van der Waals surface area contributed by atoms with Gasteiger partial charge >= 0.3 is 0 Å². The average molecular weight is 340 g/mol. The fourth-order valence-electron chi connectivity index (χ4n) is 2.00. The molecular weight excluding hydrogens is 316 g/mol. The lowest BCUT2D eigenvalue weighted by atomic mass is 10.0. The summed E-state index contributed by atoms with van der Waals surface area (Å²) in [6.07, 6.45) is 0. The summed E-state index contributed by atoms with van der Waals surface area (Å²) in [5.41, 5.74) is 4.90. The quantitative estimate of drug-likeness (QED) is 0.650. The summed E-state index contributed by atoms with van der Waals surface area (Å²) in [7, 11) is -1.61. The fraction of sp³-hybridized carbons (Fsp3) is 0.438. The number of hydrogen-bond donors (Lipinski definition) is 2. The molecule has 1 aromatic carbocycles. The lowest BCUT2D eigenvalue weighted by Crippen LogP contribution is -2.36. The lowest BCUT2D eigenvalue weighted by Gasteiger charge is -2.18. The van der Waals surface area contributed by atoms with Gasteiger partial charge in [0.2, 0.25) is 0 Å². The molecule has 4 nitrogen and oxygen atoms in total. The van der Waals surface area contributed by atoms with E-state index < -0.39 is 11.0 Å². The molecule has 0 saturated heterocycles. The molecule has 6 heteroatoms. The smallest absolute Gasteiger partial charge is 0.147 e. The van der Waals surface area contributed by atoms with Crippen LogP contribution >= 0.6 is 11.3 Å². The maximum absolute atomic E-state index is 12.2. The van der Waals surface area contributed by atoms with Gasteiger partial charge in [-0.25, -0.2) is 4.98 Å². The van der Waals surface area contributed by atoms with Crippen LogP contribution in [0.1, 0.15) is 38.1 Å². The van der Waals surface area contributed by atoms with Crippen molar-refractivity contribution in [3.05, 3.63) is 41.0 Å². The van der Waals surface area contributed by atoms with E-state index in [1.807, 2.05) is 57.5 Å². The molecule has 2 aromatic rings. The maximum Gasteiger partial charge on any atom is 0.147 e. The van der Waals surface area contributed by atoms with E-state index in [1.165, 1.54) is 0 Å². The molecular formula is C16H23N2O2S2+. The minimum absolute atomic E-state index is 0.0872. The molecule has 2 rings (SSSR count). The molecule has 0 spiro atoms. The summed E-state index contributed by atoms with van der Waals surface area (Å²) in [4.78, 5) is 5.41. The molecule has 22 heavy (non-hydrogen) atoms. The van der Waals surface area contributed by atoms with Gasteiger partial charge in [0.1, 0.15) is 15.7 Å². The largest absolute Gasteiger partial charge is 0.394 e. The first-order chi connectivity index (χ1) is 10.3. The summed E-state index contributed by atoms with van der Waals surface area (Å²) in [6.45, 7) is 7.66.